The van der Waals surface area contributed by atoms with Gasteiger partial charge in [-0.1, -0.05) is 39.0 Å². The Morgan fingerprint density at radius 2 is 1.92 bits per heavy atom. The molecule has 2 rings (SSSR count). The molecule has 1 aromatic carbocycles. The van der Waals surface area contributed by atoms with E-state index in [-0.39, 0.29) is 24.0 Å². The van der Waals surface area contributed by atoms with Crippen LogP contribution in [0.3, 0.4) is 0 Å². The van der Waals surface area contributed by atoms with Crippen LogP contribution in [0.25, 0.3) is 0 Å². The van der Waals surface area contributed by atoms with Gasteiger partial charge in [-0.15, -0.1) is 0 Å². The standard InChI is InChI=1S/C20H28N2O3/c1-20(2,3)15-9-6-7-10-17(15)25-14-19(23)21-13-16(22(4)5)18-11-8-12-24-18/h6-12,16H,13-14H2,1-5H3,(H,21,23). The van der Waals surface area contributed by atoms with Crippen molar-refractivity contribution < 1.29 is 13.9 Å². The summed E-state index contributed by atoms with van der Waals surface area (Å²) in [5.41, 5.74) is 1.05. The number of nitrogens with zero attached hydrogens (tertiary/aromatic N) is 1. The predicted octanol–water partition coefficient (Wildman–Crippen LogP) is 3.38. The maximum Gasteiger partial charge on any atom is 0.258 e. The Morgan fingerprint density at radius 3 is 2.52 bits per heavy atom. The van der Waals surface area contributed by atoms with Gasteiger partial charge in [0.25, 0.3) is 5.91 Å². The molecule has 1 atom stereocenters. The van der Waals surface area contributed by atoms with Crippen LogP contribution in [-0.2, 0) is 10.2 Å². The summed E-state index contributed by atoms with van der Waals surface area (Å²) in [6.45, 7) is 6.83. The lowest BCUT2D eigenvalue weighted by atomic mass is 9.86. The van der Waals surface area contributed by atoms with Gasteiger partial charge in [-0.05, 0) is 43.3 Å². The van der Waals surface area contributed by atoms with Crippen LogP contribution < -0.4 is 10.1 Å². The molecule has 0 spiro atoms. The van der Waals surface area contributed by atoms with Crippen LogP contribution in [-0.4, -0.2) is 38.1 Å². The summed E-state index contributed by atoms with van der Waals surface area (Å²) in [5.74, 6) is 1.42. The maximum atomic E-state index is 12.2. The molecule has 5 nitrogen and oxygen atoms in total. The molecular weight excluding hydrogens is 316 g/mol. The molecule has 0 aliphatic carbocycles. The first-order valence-electron chi connectivity index (χ1n) is 8.48. The highest BCUT2D eigenvalue weighted by Crippen LogP contribution is 2.30. The zero-order valence-corrected chi connectivity index (χ0v) is 15.7. The molecule has 0 saturated heterocycles. The van der Waals surface area contributed by atoms with Gasteiger partial charge in [0.2, 0.25) is 0 Å². The zero-order chi connectivity index (χ0) is 18.4. The van der Waals surface area contributed by atoms with E-state index >= 15 is 0 Å². The summed E-state index contributed by atoms with van der Waals surface area (Å²) in [4.78, 5) is 14.2. The Kier molecular flexibility index (Phi) is 6.26. The van der Waals surface area contributed by atoms with E-state index in [1.807, 2.05) is 55.4 Å². The first kappa shape index (κ1) is 19.1. The number of rotatable bonds is 7. The van der Waals surface area contributed by atoms with E-state index in [4.69, 9.17) is 9.15 Å². The van der Waals surface area contributed by atoms with Gasteiger partial charge in [0.05, 0.1) is 12.3 Å². The highest BCUT2D eigenvalue weighted by Gasteiger charge is 2.20. The van der Waals surface area contributed by atoms with Gasteiger partial charge >= 0.3 is 0 Å². The molecule has 0 aliphatic heterocycles. The second kappa shape index (κ2) is 8.21. The molecule has 0 aliphatic rings. The summed E-state index contributed by atoms with van der Waals surface area (Å²) in [6.07, 6.45) is 1.64. The molecule has 1 amide bonds. The van der Waals surface area contributed by atoms with Crippen molar-refractivity contribution in [2.24, 2.45) is 0 Å². The van der Waals surface area contributed by atoms with Crippen LogP contribution in [0, 0.1) is 0 Å². The van der Waals surface area contributed by atoms with Crippen LogP contribution in [0.1, 0.15) is 38.1 Å². The van der Waals surface area contributed by atoms with Gasteiger partial charge < -0.3 is 14.5 Å². The average Bonchev–Trinajstić information content (AvgIpc) is 3.06. The normalized spacial score (nSPS) is 12.9. The van der Waals surface area contributed by atoms with Crippen molar-refractivity contribution in [1.82, 2.24) is 10.2 Å². The first-order chi connectivity index (χ1) is 11.8. The fraction of sp³-hybridized carbons (Fsp3) is 0.450. The van der Waals surface area contributed by atoms with Crippen molar-refractivity contribution in [3.63, 3.8) is 0 Å². The Labute approximate surface area is 150 Å². The fourth-order valence-corrected chi connectivity index (χ4v) is 2.64. The first-order valence-corrected chi connectivity index (χ1v) is 8.48. The molecule has 136 valence electrons. The molecule has 1 N–H and O–H groups in total. The summed E-state index contributed by atoms with van der Waals surface area (Å²) in [6, 6.07) is 11.6. The number of nitrogens with one attached hydrogen (secondary N) is 1. The topological polar surface area (TPSA) is 54.7 Å². The van der Waals surface area contributed by atoms with E-state index in [0.717, 1.165) is 17.1 Å². The number of hydrogen-bond acceptors (Lipinski definition) is 4. The number of likely N-dealkylation sites (N-methyl/N-ethyl adjacent to an activating group) is 1. The SMILES string of the molecule is CN(C)C(CNC(=O)COc1ccccc1C(C)(C)C)c1ccco1. The van der Waals surface area contributed by atoms with Gasteiger partial charge in [-0.3, -0.25) is 9.69 Å². The Morgan fingerprint density at radius 1 is 1.20 bits per heavy atom. The molecule has 1 unspecified atom stereocenters. The number of amides is 1. The summed E-state index contributed by atoms with van der Waals surface area (Å²) in [7, 11) is 3.91. The second-order valence-corrected chi connectivity index (χ2v) is 7.33. The number of carbonyl (C=O) groups is 1. The van der Waals surface area contributed by atoms with E-state index in [2.05, 4.69) is 26.1 Å². The number of benzene rings is 1. The van der Waals surface area contributed by atoms with E-state index < -0.39 is 0 Å². The van der Waals surface area contributed by atoms with Gasteiger partial charge in [-0.2, -0.15) is 0 Å². The molecule has 1 heterocycles. The van der Waals surface area contributed by atoms with E-state index in [9.17, 15) is 4.79 Å². The second-order valence-electron chi connectivity index (χ2n) is 7.33. The van der Waals surface area contributed by atoms with Crippen molar-refractivity contribution in [2.75, 3.05) is 27.2 Å². The Bertz CT molecular complexity index is 672. The van der Waals surface area contributed by atoms with Gasteiger partial charge in [0.15, 0.2) is 6.61 Å². The highest BCUT2D eigenvalue weighted by atomic mass is 16.5. The monoisotopic (exact) mass is 344 g/mol. The minimum Gasteiger partial charge on any atom is -0.483 e. The lowest BCUT2D eigenvalue weighted by Gasteiger charge is -2.24. The molecule has 2 aromatic rings. The quantitative estimate of drug-likeness (QED) is 0.837. The zero-order valence-electron chi connectivity index (χ0n) is 15.7. The minimum atomic E-state index is -0.151. The molecule has 0 fully saturated rings. The lowest BCUT2D eigenvalue weighted by Crippen LogP contribution is -2.36. The van der Waals surface area contributed by atoms with E-state index in [1.54, 1.807) is 6.26 Å². The van der Waals surface area contributed by atoms with Crippen molar-refractivity contribution in [2.45, 2.75) is 32.2 Å². The van der Waals surface area contributed by atoms with Crippen molar-refractivity contribution in [1.29, 1.82) is 0 Å². The van der Waals surface area contributed by atoms with Crippen LogP contribution in [0.15, 0.2) is 47.1 Å². The Hall–Kier alpha value is -2.27. The third-order valence-corrected chi connectivity index (χ3v) is 4.04. The number of hydrogen-bond donors (Lipinski definition) is 1. The van der Waals surface area contributed by atoms with Gasteiger partial charge in [-0.25, -0.2) is 0 Å². The highest BCUT2D eigenvalue weighted by molar-refractivity contribution is 5.77. The maximum absolute atomic E-state index is 12.2. The summed E-state index contributed by atoms with van der Waals surface area (Å²) < 4.78 is 11.2. The average molecular weight is 344 g/mol. The van der Waals surface area contributed by atoms with Crippen LogP contribution in [0.2, 0.25) is 0 Å². The van der Waals surface area contributed by atoms with Crippen molar-refractivity contribution >= 4 is 5.91 Å². The van der Waals surface area contributed by atoms with Gasteiger partial charge in [0.1, 0.15) is 11.5 Å². The molecular formula is C20H28N2O3. The number of ether oxygens (including phenoxy) is 1. The largest absolute Gasteiger partial charge is 0.483 e. The van der Waals surface area contributed by atoms with E-state index in [0.29, 0.717) is 6.54 Å². The lowest BCUT2D eigenvalue weighted by molar-refractivity contribution is -0.123. The molecule has 25 heavy (non-hydrogen) atoms. The molecule has 5 heteroatoms. The minimum absolute atomic E-state index is 0.00854. The van der Waals surface area contributed by atoms with Crippen LogP contribution in [0.5, 0.6) is 5.75 Å². The smallest absolute Gasteiger partial charge is 0.258 e. The number of furan rings is 1. The van der Waals surface area contributed by atoms with Crippen LogP contribution >= 0.6 is 0 Å². The van der Waals surface area contributed by atoms with Gasteiger partial charge in [0, 0.05) is 6.54 Å². The molecule has 1 aromatic heterocycles. The number of carbonyl (C=O) groups excluding carboxylic acids is 1. The fourth-order valence-electron chi connectivity index (χ4n) is 2.64. The van der Waals surface area contributed by atoms with Crippen molar-refractivity contribution in [3.8, 4) is 5.75 Å². The third-order valence-electron chi connectivity index (χ3n) is 4.04. The Balaban J connectivity index is 1.91. The van der Waals surface area contributed by atoms with Crippen LogP contribution in [0.4, 0.5) is 0 Å². The predicted molar refractivity (Wildman–Crippen MR) is 98.8 cm³/mol. The number of para-hydroxylation sites is 1. The molecule has 0 bridgehead atoms. The molecule has 0 saturated carbocycles. The third kappa shape index (κ3) is 5.36. The summed E-state index contributed by atoms with van der Waals surface area (Å²) >= 11 is 0. The van der Waals surface area contributed by atoms with E-state index in [1.165, 1.54) is 0 Å². The van der Waals surface area contributed by atoms with Crippen molar-refractivity contribution in [3.05, 3.63) is 54.0 Å². The summed E-state index contributed by atoms with van der Waals surface area (Å²) in [5, 5.41) is 2.92. The molecule has 0 radical (unpaired) electrons.